The summed E-state index contributed by atoms with van der Waals surface area (Å²) < 4.78 is 5.14. The lowest BCUT2D eigenvalue weighted by Gasteiger charge is -2.02. The largest absolute Gasteiger partial charge is 0.479 e. The van der Waals surface area contributed by atoms with Gasteiger partial charge in [-0.1, -0.05) is 35.9 Å². The van der Waals surface area contributed by atoms with Gasteiger partial charge >= 0.3 is 0 Å². The number of carbonyl (C=O) groups is 1. The van der Waals surface area contributed by atoms with Crippen LogP contribution in [0.2, 0.25) is 0 Å². The molecule has 21 heavy (non-hydrogen) atoms. The van der Waals surface area contributed by atoms with Gasteiger partial charge in [0.25, 0.3) is 0 Å². The van der Waals surface area contributed by atoms with E-state index in [1.54, 1.807) is 36.4 Å². The molecule has 0 N–H and O–H groups in total. The summed E-state index contributed by atoms with van der Waals surface area (Å²) in [5.41, 5.74) is 2.74. The van der Waals surface area contributed by atoms with Gasteiger partial charge in [-0.25, -0.2) is 0 Å². The third-order valence-corrected chi connectivity index (χ3v) is 2.91. The molecule has 0 amide bonds. The molecule has 2 aromatic carbocycles. The maximum Gasteiger partial charge on any atom is 0.185 e. The summed E-state index contributed by atoms with van der Waals surface area (Å²) in [7, 11) is 0. The molecule has 0 saturated carbocycles. The number of rotatable bonds is 5. The number of carbonyl (C=O) groups excluding carboxylic acids is 1. The van der Waals surface area contributed by atoms with Crippen molar-refractivity contribution in [2.45, 2.75) is 6.92 Å². The lowest BCUT2D eigenvalue weighted by molar-refractivity contribution is 0.104. The summed E-state index contributed by atoms with van der Waals surface area (Å²) in [5, 5.41) is 8.43. The third-order valence-electron chi connectivity index (χ3n) is 2.91. The fraction of sp³-hybridized carbons (Fsp3) is 0.111. The second-order valence-electron chi connectivity index (χ2n) is 4.58. The van der Waals surface area contributed by atoms with E-state index in [1.165, 1.54) is 0 Å². The van der Waals surface area contributed by atoms with Gasteiger partial charge in [-0.05, 0) is 42.8 Å². The molecule has 0 aliphatic rings. The van der Waals surface area contributed by atoms with E-state index in [-0.39, 0.29) is 12.4 Å². The Morgan fingerprint density at radius 1 is 1.24 bits per heavy atom. The number of nitrogens with zero attached hydrogens (tertiary/aromatic N) is 1. The van der Waals surface area contributed by atoms with Crippen molar-refractivity contribution in [3.05, 3.63) is 71.3 Å². The van der Waals surface area contributed by atoms with E-state index < -0.39 is 0 Å². The van der Waals surface area contributed by atoms with E-state index in [9.17, 15) is 4.79 Å². The highest BCUT2D eigenvalue weighted by atomic mass is 16.5. The molecular formula is C18H15NO2. The maximum atomic E-state index is 12.0. The molecule has 0 heterocycles. The van der Waals surface area contributed by atoms with Crippen LogP contribution in [0.4, 0.5) is 0 Å². The fourth-order valence-corrected chi connectivity index (χ4v) is 1.87. The standard InChI is InChI=1S/C18H15NO2/c1-14-3-2-4-15(13-14)5-10-18(20)16-6-8-17(9-7-16)21-12-11-19/h2-10,13H,12H2,1H3/b10-5+. The molecule has 104 valence electrons. The molecule has 0 atom stereocenters. The van der Waals surface area contributed by atoms with Gasteiger partial charge in [0.05, 0.1) is 0 Å². The molecule has 2 rings (SSSR count). The first kappa shape index (κ1) is 14.5. The van der Waals surface area contributed by atoms with Gasteiger partial charge in [-0.3, -0.25) is 4.79 Å². The molecule has 3 nitrogen and oxygen atoms in total. The van der Waals surface area contributed by atoms with Crippen LogP contribution in [0.1, 0.15) is 21.5 Å². The van der Waals surface area contributed by atoms with Crippen LogP contribution >= 0.6 is 0 Å². The minimum absolute atomic E-state index is 0.000550. The molecule has 3 heteroatoms. The van der Waals surface area contributed by atoms with E-state index >= 15 is 0 Å². The topological polar surface area (TPSA) is 50.1 Å². The molecule has 0 fully saturated rings. The monoisotopic (exact) mass is 277 g/mol. The van der Waals surface area contributed by atoms with Gasteiger partial charge in [-0.2, -0.15) is 5.26 Å². The van der Waals surface area contributed by atoms with Crippen LogP contribution in [0.25, 0.3) is 6.08 Å². The van der Waals surface area contributed by atoms with Gasteiger partial charge in [0.2, 0.25) is 0 Å². The summed E-state index contributed by atoms with van der Waals surface area (Å²) in [5.74, 6) is 0.513. The van der Waals surface area contributed by atoms with Crippen molar-refractivity contribution in [1.29, 1.82) is 5.26 Å². The normalized spacial score (nSPS) is 10.3. The number of allylic oxidation sites excluding steroid dienone is 1. The average Bonchev–Trinajstić information content (AvgIpc) is 2.51. The molecule has 2 aromatic rings. The third kappa shape index (κ3) is 4.32. The van der Waals surface area contributed by atoms with Crippen molar-refractivity contribution in [3.63, 3.8) is 0 Å². The van der Waals surface area contributed by atoms with Crippen LogP contribution in [-0.2, 0) is 0 Å². The summed E-state index contributed by atoms with van der Waals surface area (Å²) in [6, 6.07) is 16.6. The van der Waals surface area contributed by atoms with E-state index in [4.69, 9.17) is 10.00 Å². The van der Waals surface area contributed by atoms with Crippen molar-refractivity contribution in [1.82, 2.24) is 0 Å². The van der Waals surface area contributed by atoms with Crippen molar-refractivity contribution in [2.75, 3.05) is 6.61 Å². The van der Waals surface area contributed by atoms with Gasteiger partial charge in [-0.15, -0.1) is 0 Å². The van der Waals surface area contributed by atoms with Crippen LogP contribution in [0.15, 0.2) is 54.6 Å². The molecule has 0 saturated heterocycles. The molecular weight excluding hydrogens is 262 g/mol. The van der Waals surface area contributed by atoms with Crippen molar-refractivity contribution in [2.24, 2.45) is 0 Å². The first-order chi connectivity index (χ1) is 10.2. The number of aryl methyl sites for hydroxylation is 1. The van der Waals surface area contributed by atoms with Crippen LogP contribution in [0.3, 0.4) is 0 Å². The maximum absolute atomic E-state index is 12.0. The van der Waals surface area contributed by atoms with E-state index in [1.807, 2.05) is 37.3 Å². The quantitative estimate of drug-likeness (QED) is 0.617. The van der Waals surface area contributed by atoms with Gasteiger partial charge in [0.1, 0.15) is 11.8 Å². The van der Waals surface area contributed by atoms with Crippen LogP contribution in [0.5, 0.6) is 5.75 Å². The number of ether oxygens (including phenoxy) is 1. The molecule has 0 unspecified atom stereocenters. The SMILES string of the molecule is Cc1cccc(/C=C/C(=O)c2ccc(OCC#N)cc2)c1. The zero-order chi connectivity index (χ0) is 15.1. The number of benzene rings is 2. The first-order valence-electron chi connectivity index (χ1n) is 6.58. The van der Waals surface area contributed by atoms with E-state index in [0.717, 1.165) is 11.1 Å². The van der Waals surface area contributed by atoms with Crippen molar-refractivity contribution >= 4 is 11.9 Å². The Hall–Kier alpha value is -2.86. The lowest BCUT2D eigenvalue weighted by atomic mass is 10.1. The highest BCUT2D eigenvalue weighted by Gasteiger charge is 2.02. The Labute approximate surface area is 124 Å². The lowest BCUT2D eigenvalue weighted by Crippen LogP contribution is -1.96. The highest BCUT2D eigenvalue weighted by Crippen LogP contribution is 2.13. The number of ketones is 1. The zero-order valence-electron chi connectivity index (χ0n) is 11.7. The van der Waals surface area contributed by atoms with Crippen molar-refractivity contribution < 1.29 is 9.53 Å². The average molecular weight is 277 g/mol. The molecule has 0 aromatic heterocycles. The minimum Gasteiger partial charge on any atom is -0.479 e. The summed E-state index contributed by atoms with van der Waals surface area (Å²) in [6.07, 6.45) is 3.36. The molecule has 0 aliphatic heterocycles. The van der Waals surface area contributed by atoms with Crippen LogP contribution in [-0.4, -0.2) is 12.4 Å². The summed E-state index contributed by atoms with van der Waals surface area (Å²) >= 11 is 0. The number of hydrogen-bond acceptors (Lipinski definition) is 3. The molecule has 0 aliphatic carbocycles. The Morgan fingerprint density at radius 3 is 2.67 bits per heavy atom. The van der Waals surface area contributed by atoms with E-state index in [2.05, 4.69) is 0 Å². The Kier molecular flexibility index (Phi) is 4.89. The first-order valence-corrected chi connectivity index (χ1v) is 6.58. The van der Waals surface area contributed by atoms with Crippen molar-refractivity contribution in [3.8, 4) is 11.8 Å². The smallest absolute Gasteiger partial charge is 0.185 e. The summed E-state index contributed by atoms with van der Waals surface area (Å²) in [6.45, 7) is 2.01. The van der Waals surface area contributed by atoms with Gasteiger partial charge < -0.3 is 4.74 Å². The Balaban J connectivity index is 2.05. The second kappa shape index (κ2) is 7.06. The highest BCUT2D eigenvalue weighted by molar-refractivity contribution is 6.06. The Morgan fingerprint density at radius 2 is 2.00 bits per heavy atom. The molecule has 0 spiro atoms. The van der Waals surface area contributed by atoms with Gasteiger partial charge in [0, 0.05) is 5.56 Å². The molecule has 0 radical (unpaired) electrons. The second-order valence-corrected chi connectivity index (χ2v) is 4.58. The van der Waals surface area contributed by atoms with Gasteiger partial charge in [0.15, 0.2) is 12.4 Å². The Bertz CT molecular complexity index is 694. The van der Waals surface area contributed by atoms with Crippen LogP contribution < -0.4 is 4.74 Å². The summed E-state index contributed by atoms with van der Waals surface area (Å²) in [4.78, 5) is 12.0. The zero-order valence-corrected chi connectivity index (χ0v) is 11.7. The number of hydrogen-bond donors (Lipinski definition) is 0. The van der Waals surface area contributed by atoms with E-state index in [0.29, 0.717) is 11.3 Å². The van der Waals surface area contributed by atoms with Crippen LogP contribution in [0, 0.1) is 18.3 Å². The predicted octanol–water partition coefficient (Wildman–Crippen LogP) is 3.79. The number of nitriles is 1. The minimum atomic E-state index is -0.0664. The fourth-order valence-electron chi connectivity index (χ4n) is 1.87. The predicted molar refractivity (Wildman–Crippen MR) is 82.1 cm³/mol. The molecule has 0 bridgehead atoms.